The van der Waals surface area contributed by atoms with Crippen LogP contribution >= 0.6 is 11.3 Å². The average molecular weight is 303 g/mol. The van der Waals surface area contributed by atoms with Gasteiger partial charge < -0.3 is 11.1 Å². The molecule has 2 rings (SSSR count). The van der Waals surface area contributed by atoms with Gasteiger partial charge in [0.2, 0.25) is 5.91 Å². The van der Waals surface area contributed by atoms with Crippen LogP contribution in [-0.2, 0) is 11.2 Å². The van der Waals surface area contributed by atoms with Gasteiger partial charge in [0.15, 0.2) is 5.13 Å². The Morgan fingerprint density at radius 2 is 2.00 bits per heavy atom. The zero-order valence-electron chi connectivity index (χ0n) is 12.6. The quantitative estimate of drug-likeness (QED) is 0.884. The number of nitrogen functional groups attached to an aromatic ring is 1. The number of aromatic nitrogens is 1. The van der Waals surface area contributed by atoms with Gasteiger partial charge in [0.05, 0.1) is 5.69 Å². The molecule has 0 unspecified atom stereocenters. The molecule has 0 saturated carbocycles. The van der Waals surface area contributed by atoms with E-state index >= 15 is 0 Å². The number of rotatable bonds is 5. The van der Waals surface area contributed by atoms with E-state index in [0.29, 0.717) is 16.6 Å². The number of aryl methyl sites for hydroxylation is 2. The minimum Gasteiger partial charge on any atom is -0.389 e. The minimum absolute atomic E-state index is 0.0281. The topological polar surface area (TPSA) is 68.0 Å². The lowest BCUT2D eigenvalue weighted by Crippen LogP contribution is -2.12. The standard InChI is InChI=1S/C16H21N3OS/c1-10(2)14-15(17)21-16(19-14)18-13(20)9-8-12-6-4-11(3)5-7-12/h4-7,10H,8-9,17H2,1-3H3,(H,18,19,20). The van der Waals surface area contributed by atoms with Crippen LogP contribution in [0, 0.1) is 6.92 Å². The van der Waals surface area contributed by atoms with E-state index in [9.17, 15) is 4.79 Å². The molecule has 21 heavy (non-hydrogen) atoms. The highest BCUT2D eigenvalue weighted by atomic mass is 32.1. The minimum atomic E-state index is -0.0281. The smallest absolute Gasteiger partial charge is 0.226 e. The molecule has 3 N–H and O–H groups in total. The molecule has 112 valence electrons. The average Bonchev–Trinajstić information content (AvgIpc) is 2.79. The molecule has 1 heterocycles. The Balaban J connectivity index is 1.90. The van der Waals surface area contributed by atoms with Gasteiger partial charge in [0.1, 0.15) is 5.00 Å². The summed E-state index contributed by atoms with van der Waals surface area (Å²) in [4.78, 5) is 16.3. The van der Waals surface area contributed by atoms with Crippen LogP contribution in [0.1, 0.15) is 43.0 Å². The second-order valence-electron chi connectivity index (χ2n) is 5.46. The number of thiazole rings is 1. The normalized spacial score (nSPS) is 10.9. The lowest BCUT2D eigenvalue weighted by atomic mass is 10.1. The van der Waals surface area contributed by atoms with Gasteiger partial charge in [-0.25, -0.2) is 4.98 Å². The second-order valence-corrected chi connectivity index (χ2v) is 6.49. The van der Waals surface area contributed by atoms with Gasteiger partial charge in [0.25, 0.3) is 0 Å². The van der Waals surface area contributed by atoms with Crippen molar-refractivity contribution < 1.29 is 4.79 Å². The molecule has 1 aromatic heterocycles. The number of hydrogen-bond acceptors (Lipinski definition) is 4. The van der Waals surface area contributed by atoms with Gasteiger partial charge in [-0.15, -0.1) is 0 Å². The van der Waals surface area contributed by atoms with Crippen molar-refractivity contribution in [3.8, 4) is 0 Å². The number of amides is 1. The van der Waals surface area contributed by atoms with Crippen molar-refractivity contribution in [1.29, 1.82) is 0 Å². The highest BCUT2D eigenvalue weighted by Crippen LogP contribution is 2.30. The number of anilines is 2. The van der Waals surface area contributed by atoms with E-state index in [-0.39, 0.29) is 11.8 Å². The fraction of sp³-hybridized carbons (Fsp3) is 0.375. The molecule has 1 aromatic carbocycles. The molecule has 0 bridgehead atoms. The number of carbonyl (C=O) groups is 1. The Kier molecular flexibility index (Phi) is 4.96. The van der Waals surface area contributed by atoms with Crippen LogP contribution in [-0.4, -0.2) is 10.9 Å². The zero-order valence-corrected chi connectivity index (χ0v) is 13.5. The maximum absolute atomic E-state index is 12.0. The van der Waals surface area contributed by atoms with E-state index in [0.717, 1.165) is 17.7 Å². The summed E-state index contributed by atoms with van der Waals surface area (Å²) in [5.41, 5.74) is 9.15. The SMILES string of the molecule is Cc1ccc(CCC(=O)Nc2nc(C(C)C)c(N)s2)cc1. The summed E-state index contributed by atoms with van der Waals surface area (Å²) in [6.07, 6.45) is 1.17. The second kappa shape index (κ2) is 6.72. The molecular formula is C16H21N3OS. The Morgan fingerprint density at radius 1 is 1.33 bits per heavy atom. The first-order valence-electron chi connectivity index (χ1n) is 7.07. The number of nitrogens with zero attached hydrogens (tertiary/aromatic N) is 1. The van der Waals surface area contributed by atoms with Gasteiger partial charge in [-0.1, -0.05) is 55.0 Å². The summed E-state index contributed by atoms with van der Waals surface area (Å²) in [7, 11) is 0. The Labute approximate surface area is 129 Å². The molecule has 4 nitrogen and oxygen atoms in total. The van der Waals surface area contributed by atoms with Gasteiger partial charge >= 0.3 is 0 Å². The van der Waals surface area contributed by atoms with Crippen LogP contribution in [0.15, 0.2) is 24.3 Å². The Bertz CT molecular complexity index is 617. The van der Waals surface area contributed by atoms with E-state index in [1.165, 1.54) is 16.9 Å². The molecule has 0 radical (unpaired) electrons. The molecule has 0 aliphatic carbocycles. The maximum Gasteiger partial charge on any atom is 0.226 e. The van der Waals surface area contributed by atoms with Gasteiger partial charge in [-0.3, -0.25) is 4.79 Å². The highest BCUT2D eigenvalue weighted by molar-refractivity contribution is 7.19. The molecule has 0 spiro atoms. The van der Waals surface area contributed by atoms with Crippen molar-refractivity contribution in [2.24, 2.45) is 0 Å². The summed E-state index contributed by atoms with van der Waals surface area (Å²) in [5.74, 6) is 0.235. The van der Waals surface area contributed by atoms with E-state index in [1.54, 1.807) is 0 Å². The van der Waals surface area contributed by atoms with Crippen LogP contribution < -0.4 is 11.1 Å². The van der Waals surface area contributed by atoms with Crippen molar-refractivity contribution >= 4 is 27.4 Å². The van der Waals surface area contributed by atoms with Gasteiger partial charge in [0, 0.05) is 6.42 Å². The molecule has 0 atom stereocenters. The van der Waals surface area contributed by atoms with Crippen molar-refractivity contribution in [1.82, 2.24) is 4.98 Å². The number of hydrogen-bond donors (Lipinski definition) is 2. The number of carbonyl (C=O) groups excluding carboxylic acids is 1. The largest absolute Gasteiger partial charge is 0.389 e. The first-order chi connectivity index (χ1) is 9.95. The maximum atomic E-state index is 12.0. The number of nitrogens with two attached hydrogens (primary N) is 1. The molecular weight excluding hydrogens is 282 g/mol. The third-order valence-corrected chi connectivity index (χ3v) is 4.05. The number of nitrogens with one attached hydrogen (secondary N) is 1. The van der Waals surface area contributed by atoms with E-state index in [1.807, 2.05) is 13.8 Å². The fourth-order valence-corrected chi connectivity index (χ4v) is 2.91. The molecule has 0 aliphatic heterocycles. The van der Waals surface area contributed by atoms with Gasteiger partial charge in [-0.2, -0.15) is 0 Å². The van der Waals surface area contributed by atoms with E-state index < -0.39 is 0 Å². The molecule has 0 fully saturated rings. The molecule has 1 amide bonds. The van der Waals surface area contributed by atoms with Crippen LogP contribution in [0.3, 0.4) is 0 Å². The summed E-state index contributed by atoms with van der Waals surface area (Å²) < 4.78 is 0. The third-order valence-electron chi connectivity index (χ3n) is 3.24. The molecule has 0 saturated heterocycles. The predicted octanol–water partition coefficient (Wildman–Crippen LogP) is 3.73. The molecule has 5 heteroatoms. The first-order valence-corrected chi connectivity index (χ1v) is 7.89. The zero-order chi connectivity index (χ0) is 15.4. The lowest BCUT2D eigenvalue weighted by Gasteiger charge is -2.03. The first kappa shape index (κ1) is 15.5. The Morgan fingerprint density at radius 3 is 2.57 bits per heavy atom. The Hall–Kier alpha value is -1.88. The van der Waals surface area contributed by atoms with Crippen molar-refractivity contribution in [2.75, 3.05) is 11.1 Å². The van der Waals surface area contributed by atoms with Crippen LogP contribution in [0.2, 0.25) is 0 Å². The van der Waals surface area contributed by atoms with E-state index in [2.05, 4.69) is 41.5 Å². The van der Waals surface area contributed by atoms with Crippen molar-refractivity contribution in [3.05, 3.63) is 41.1 Å². The third kappa shape index (κ3) is 4.29. The van der Waals surface area contributed by atoms with E-state index in [4.69, 9.17) is 5.73 Å². The summed E-state index contributed by atoms with van der Waals surface area (Å²) in [5, 5.41) is 4.10. The predicted molar refractivity (Wildman–Crippen MR) is 88.7 cm³/mol. The summed E-state index contributed by atoms with van der Waals surface area (Å²) >= 11 is 1.33. The highest BCUT2D eigenvalue weighted by Gasteiger charge is 2.13. The van der Waals surface area contributed by atoms with Gasteiger partial charge in [-0.05, 0) is 24.8 Å². The summed E-state index contributed by atoms with van der Waals surface area (Å²) in [6, 6.07) is 8.23. The molecule has 0 aliphatic rings. The summed E-state index contributed by atoms with van der Waals surface area (Å²) in [6.45, 7) is 6.12. The van der Waals surface area contributed by atoms with Crippen molar-refractivity contribution in [2.45, 2.75) is 39.5 Å². The molecule has 2 aromatic rings. The van der Waals surface area contributed by atoms with Crippen molar-refractivity contribution in [3.63, 3.8) is 0 Å². The van der Waals surface area contributed by atoms with Crippen LogP contribution in [0.4, 0.5) is 10.1 Å². The fourth-order valence-electron chi connectivity index (χ4n) is 2.01. The van der Waals surface area contributed by atoms with Crippen LogP contribution in [0.25, 0.3) is 0 Å². The monoisotopic (exact) mass is 303 g/mol. The number of benzene rings is 1. The lowest BCUT2D eigenvalue weighted by molar-refractivity contribution is -0.116. The van der Waals surface area contributed by atoms with Crippen LogP contribution in [0.5, 0.6) is 0 Å².